The molecular formula is C16H34N2. The van der Waals surface area contributed by atoms with E-state index in [4.69, 9.17) is 0 Å². The highest BCUT2D eigenvalue weighted by atomic mass is 15.1. The molecule has 1 rings (SSSR count). The summed E-state index contributed by atoms with van der Waals surface area (Å²) in [6, 6.07) is 0. The summed E-state index contributed by atoms with van der Waals surface area (Å²) in [5, 5.41) is 3.54. The fourth-order valence-electron chi connectivity index (χ4n) is 3.06. The molecule has 0 saturated carbocycles. The minimum Gasteiger partial charge on any atom is -0.316 e. The Bertz CT molecular complexity index is 203. The second-order valence-electron chi connectivity index (χ2n) is 6.54. The van der Waals surface area contributed by atoms with Gasteiger partial charge < -0.3 is 10.2 Å². The van der Waals surface area contributed by atoms with Gasteiger partial charge in [-0.05, 0) is 69.6 Å². The highest BCUT2D eigenvalue weighted by Gasteiger charge is 2.20. The van der Waals surface area contributed by atoms with Crippen LogP contribution in [0.3, 0.4) is 0 Å². The molecule has 2 nitrogen and oxygen atoms in total. The predicted molar refractivity (Wildman–Crippen MR) is 80.9 cm³/mol. The smallest absolute Gasteiger partial charge is 0.00191 e. The molecular weight excluding hydrogens is 220 g/mol. The lowest BCUT2D eigenvalue weighted by Gasteiger charge is -2.24. The highest BCUT2D eigenvalue weighted by molar-refractivity contribution is 4.73. The van der Waals surface area contributed by atoms with Gasteiger partial charge in [-0.2, -0.15) is 0 Å². The minimum absolute atomic E-state index is 0.784. The Morgan fingerprint density at radius 3 is 2.61 bits per heavy atom. The summed E-state index contributed by atoms with van der Waals surface area (Å²) >= 11 is 0. The lowest BCUT2D eigenvalue weighted by molar-refractivity contribution is 0.236. The summed E-state index contributed by atoms with van der Waals surface area (Å²) in [6.45, 7) is 15.7. The number of nitrogens with zero attached hydrogens (tertiary/aromatic N) is 1. The Kier molecular flexibility index (Phi) is 7.92. The molecule has 0 aliphatic carbocycles. The molecule has 1 aliphatic rings. The number of hydrogen-bond acceptors (Lipinski definition) is 2. The first kappa shape index (κ1) is 16.0. The molecule has 0 bridgehead atoms. The van der Waals surface area contributed by atoms with Gasteiger partial charge in [0.15, 0.2) is 0 Å². The van der Waals surface area contributed by atoms with Gasteiger partial charge in [0, 0.05) is 6.54 Å². The fraction of sp³-hybridized carbons (Fsp3) is 1.00. The predicted octanol–water partition coefficient (Wildman–Crippen LogP) is 3.38. The van der Waals surface area contributed by atoms with Crippen LogP contribution in [0.25, 0.3) is 0 Å². The van der Waals surface area contributed by atoms with Gasteiger partial charge in [0.2, 0.25) is 0 Å². The minimum atomic E-state index is 0.784. The molecule has 0 aromatic heterocycles. The molecule has 1 heterocycles. The van der Waals surface area contributed by atoms with Crippen LogP contribution in [0.15, 0.2) is 0 Å². The average Bonchev–Trinajstić information content (AvgIpc) is 2.55. The van der Waals surface area contributed by atoms with Gasteiger partial charge in [-0.15, -0.1) is 0 Å². The third-order valence-corrected chi connectivity index (χ3v) is 4.30. The molecule has 108 valence electrons. The lowest BCUT2D eigenvalue weighted by atomic mass is 9.89. The van der Waals surface area contributed by atoms with Crippen molar-refractivity contribution in [3.8, 4) is 0 Å². The van der Waals surface area contributed by atoms with Crippen molar-refractivity contribution >= 4 is 0 Å². The van der Waals surface area contributed by atoms with Gasteiger partial charge in [0.05, 0.1) is 0 Å². The summed E-state index contributed by atoms with van der Waals surface area (Å²) in [6.07, 6.45) is 5.49. The summed E-state index contributed by atoms with van der Waals surface area (Å²) in [5.74, 6) is 2.62. The number of nitrogens with one attached hydrogen (secondary N) is 1. The van der Waals surface area contributed by atoms with E-state index in [1.165, 1.54) is 58.4 Å². The van der Waals surface area contributed by atoms with Gasteiger partial charge in [0.25, 0.3) is 0 Å². The Morgan fingerprint density at radius 2 is 1.94 bits per heavy atom. The van der Waals surface area contributed by atoms with E-state index in [2.05, 4.69) is 37.9 Å². The number of likely N-dealkylation sites (tertiary alicyclic amines) is 1. The van der Waals surface area contributed by atoms with Crippen molar-refractivity contribution in [1.82, 2.24) is 10.2 Å². The monoisotopic (exact) mass is 254 g/mol. The van der Waals surface area contributed by atoms with E-state index < -0.39 is 0 Å². The van der Waals surface area contributed by atoms with Crippen molar-refractivity contribution < 1.29 is 0 Å². The van der Waals surface area contributed by atoms with Crippen molar-refractivity contribution in [1.29, 1.82) is 0 Å². The van der Waals surface area contributed by atoms with Crippen molar-refractivity contribution in [3.63, 3.8) is 0 Å². The fourth-order valence-corrected chi connectivity index (χ4v) is 3.06. The summed E-state index contributed by atoms with van der Waals surface area (Å²) < 4.78 is 0. The third-order valence-electron chi connectivity index (χ3n) is 4.30. The highest BCUT2D eigenvalue weighted by Crippen LogP contribution is 2.24. The van der Waals surface area contributed by atoms with Crippen LogP contribution in [0.2, 0.25) is 0 Å². The molecule has 0 amide bonds. The largest absolute Gasteiger partial charge is 0.316 e. The van der Waals surface area contributed by atoms with Gasteiger partial charge in [-0.25, -0.2) is 0 Å². The topological polar surface area (TPSA) is 15.3 Å². The normalized spacial score (nSPS) is 24.2. The van der Waals surface area contributed by atoms with Crippen molar-refractivity contribution in [3.05, 3.63) is 0 Å². The van der Waals surface area contributed by atoms with Crippen LogP contribution in [-0.4, -0.2) is 37.6 Å². The van der Waals surface area contributed by atoms with Gasteiger partial charge in [-0.3, -0.25) is 0 Å². The first-order valence-corrected chi connectivity index (χ1v) is 8.06. The molecule has 2 atom stereocenters. The SMILES string of the molecule is CCCNCC(C)CN1CCCC(C(C)C)CC1. The molecule has 1 N–H and O–H groups in total. The first-order chi connectivity index (χ1) is 8.63. The van der Waals surface area contributed by atoms with Crippen LogP contribution in [0.1, 0.15) is 53.4 Å². The summed E-state index contributed by atoms with van der Waals surface area (Å²) in [7, 11) is 0. The molecule has 0 spiro atoms. The molecule has 1 fully saturated rings. The molecule has 18 heavy (non-hydrogen) atoms. The average molecular weight is 254 g/mol. The molecule has 2 heteroatoms. The zero-order valence-corrected chi connectivity index (χ0v) is 13.0. The van der Waals surface area contributed by atoms with E-state index >= 15 is 0 Å². The van der Waals surface area contributed by atoms with E-state index in [9.17, 15) is 0 Å². The van der Waals surface area contributed by atoms with Crippen molar-refractivity contribution in [2.75, 3.05) is 32.7 Å². The van der Waals surface area contributed by atoms with E-state index in [0.717, 1.165) is 17.8 Å². The van der Waals surface area contributed by atoms with Crippen molar-refractivity contribution in [2.24, 2.45) is 17.8 Å². The molecule has 0 aromatic rings. The number of rotatable bonds is 7. The van der Waals surface area contributed by atoms with Crippen LogP contribution in [0.5, 0.6) is 0 Å². The molecule has 0 aromatic carbocycles. The molecule has 2 unspecified atom stereocenters. The van der Waals surface area contributed by atoms with Crippen LogP contribution in [-0.2, 0) is 0 Å². The Balaban J connectivity index is 2.22. The Morgan fingerprint density at radius 1 is 1.17 bits per heavy atom. The zero-order chi connectivity index (χ0) is 13.4. The lowest BCUT2D eigenvalue weighted by Crippen LogP contribution is -2.34. The van der Waals surface area contributed by atoms with E-state index in [1.807, 2.05) is 0 Å². The van der Waals surface area contributed by atoms with Gasteiger partial charge >= 0.3 is 0 Å². The van der Waals surface area contributed by atoms with E-state index in [-0.39, 0.29) is 0 Å². The summed E-state index contributed by atoms with van der Waals surface area (Å²) in [4.78, 5) is 2.70. The molecule has 1 aliphatic heterocycles. The Hall–Kier alpha value is -0.0800. The third kappa shape index (κ3) is 6.19. The van der Waals surface area contributed by atoms with E-state index in [0.29, 0.717) is 0 Å². The maximum Gasteiger partial charge on any atom is 0.00191 e. The number of hydrogen-bond donors (Lipinski definition) is 1. The maximum absolute atomic E-state index is 3.54. The van der Waals surface area contributed by atoms with E-state index in [1.54, 1.807) is 0 Å². The van der Waals surface area contributed by atoms with Crippen molar-refractivity contribution in [2.45, 2.75) is 53.4 Å². The summed E-state index contributed by atoms with van der Waals surface area (Å²) in [5.41, 5.74) is 0. The van der Waals surface area contributed by atoms with Crippen LogP contribution < -0.4 is 5.32 Å². The van der Waals surface area contributed by atoms with Crippen LogP contribution >= 0.6 is 0 Å². The molecule has 1 saturated heterocycles. The van der Waals surface area contributed by atoms with Gasteiger partial charge in [-0.1, -0.05) is 27.7 Å². The van der Waals surface area contributed by atoms with Crippen LogP contribution in [0.4, 0.5) is 0 Å². The zero-order valence-electron chi connectivity index (χ0n) is 13.0. The van der Waals surface area contributed by atoms with Gasteiger partial charge in [0.1, 0.15) is 0 Å². The quantitative estimate of drug-likeness (QED) is 0.701. The second kappa shape index (κ2) is 8.92. The Labute approximate surface area is 115 Å². The second-order valence-corrected chi connectivity index (χ2v) is 6.54. The maximum atomic E-state index is 3.54. The first-order valence-electron chi connectivity index (χ1n) is 8.06. The van der Waals surface area contributed by atoms with Crippen LogP contribution in [0, 0.1) is 17.8 Å². The molecule has 0 radical (unpaired) electrons. The standard InChI is InChI=1S/C16H34N2/c1-5-9-17-12-15(4)13-18-10-6-7-16(8-11-18)14(2)3/h14-17H,5-13H2,1-4H3.